The van der Waals surface area contributed by atoms with Crippen molar-refractivity contribution in [1.82, 2.24) is 10.2 Å². The summed E-state index contributed by atoms with van der Waals surface area (Å²) in [6.07, 6.45) is 1.04. The van der Waals surface area contributed by atoms with Crippen LogP contribution in [0.3, 0.4) is 0 Å². The number of urea groups is 1. The maximum absolute atomic E-state index is 12.4. The summed E-state index contributed by atoms with van der Waals surface area (Å²) >= 11 is 0. The lowest BCUT2D eigenvalue weighted by Crippen LogP contribution is -2.40. The third kappa shape index (κ3) is 4.80. The topological polar surface area (TPSA) is 61.8 Å². The molecule has 1 saturated heterocycles. The fourth-order valence-corrected chi connectivity index (χ4v) is 2.91. The number of hydrogen-bond acceptors (Lipinski definition) is 3. The van der Waals surface area contributed by atoms with E-state index in [0.717, 1.165) is 12.0 Å². The molecule has 1 heterocycles. The van der Waals surface area contributed by atoms with Gasteiger partial charge < -0.3 is 20.1 Å². The van der Waals surface area contributed by atoms with E-state index in [1.165, 1.54) is 12.1 Å². The monoisotopic (exact) mass is 342 g/mol. The van der Waals surface area contributed by atoms with E-state index in [0.29, 0.717) is 19.5 Å². The second kappa shape index (κ2) is 8.28. The van der Waals surface area contributed by atoms with Gasteiger partial charge in [-0.1, -0.05) is 19.1 Å². The van der Waals surface area contributed by atoms with E-state index < -0.39 is 12.7 Å². The molecule has 1 aromatic carbocycles. The zero-order chi connectivity index (χ0) is 17.7. The van der Waals surface area contributed by atoms with Crippen LogP contribution in [0.25, 0.3) is 0 Å². The van der Waals surface area contributed by atoms with Crippen LogP contribution >= 0.6 is 0 Å². The van der Waals surface area contributed by atoms with Crippen LogP contribution in [0, 0.1) is 5.92 Å². The number of rotatable bonds is 6. The number of ether oxygens (including phenoxy) is 1. The van der Waals surface area contributed by atoms with Crippen LogP contribution in [0.4, 0.5) is 13.6 Å². The lowest BCUT2D eigenvalue weighted by Gasteiger charge is -2.23. The summed E-state index contributed by atoms with van der Waals surface area (Å²) in [7, 11) is 0. The fraction of sp³-hybridized carbons (Fsp3) is 0.588. The van der Waals surface area contributed by atoms with Crippen LogP contribution in [-0.4, -0.2) is 41.8 Å². The molecule has 2 rings (SSSR count). The third-order valence-electron chi connectivity index (χ3n) is 4.41. The Balaban J connectivity index is 1.95. The quantitative estimate of drug-likeness (QED) is 0.835. The molecule has 3 atom stereocenters. The standard InChI is InChI=1S/C17H24F2N2O3/c1-3-15(12-4-6-14(7-5-12)24-16(18)19)20-17(23)21-9-8-13(10-21)11(2)22/h4-7,11,13,15-16,22H,3,8-10H2,1-2H3,(H,20,23)/t11-,13+,15-/m0/s1. The second-order valence-electron chi connectivity index (χ2n) is 6.09. The van der Waals surface area contributed by atoms with Crippen molar-refractivity contribution in [2.24, 2.45) is 5.92 Å². The molecule has 0 radical (unpaired) electrons. The molecule has 0 aromatic heterocycles. The van der Waals surface area contributed by atoms with Crippen molar-refractivity contribution in [2.75, 3.05) is 13.1 Å². The number of nitrogens with one attached hydrogen (secondary N) is 1. The summed E-state index contributed by atoms with van der Waals surface area (Å²) in [5, 5.41) is 12.6. The highest BCUT2D eigenvalue weighted by Gasteiger charge is 2.29. The highest BCUT2D eigenvalue weighted by molar-refractivity contribution is 5.75. The number of halogens is 2. The molecule has 7 heteroatoms. The van der Waals surface area contributed by atoms with Crippen LogP contribution < -0.4 is 10.1 Å². The van der Waals surface area contributed by atoms with Gasteiger partial charge in [-0.05, 0) is 37.5 Å². The Kier molecular flexibility index (Phi) is 6.36. The van der Waals surface area contributed by atoms with E-state index in [2.05, 4.69) is 10.1 Å². The molecule has 5 nitrogen and oxygen atoms in total. The van der Waals surface area contributed by atoms with Crippen LogP contribution in [-0.2, 0) is 0 Å². The minimum atomic E-state index is -2.85. The molecule has 1 aromatic rings. The molecular formula is C17H24F2N2O3. The first-order chi connectivity index (χ1) is 11.4. The van der Waals surface area contributed by atoms with Crippen molar-refractivity contribution >= 4 is 6.03 Å². The van der Waals surface area contributed by atoms with E-state index in [9.17, 15) is 18.7 Å². The number of benzene rings is 1. The number of aliphatic hydroxyl groups excluding tert-OH is 1. The van der Waals surface area contributed by atoms with E-state index in [4.69, 9.17) is 0 Å². The average molecular weight is 342 g/mol. The van der Waals surface area contributed by atoms with E-state index in [1.54, 1.807) is 24.0 Å². The van der Waals surface area contributed by atoms with Crippen molar-refractivity contribution < 1.29 is 23.4 Å². The average Bonchev–Trinajstić information content (AvgIpc) is 3.03. The van der Waals surface area contributed by atoms with Gasteiger partial charge in [0.05, 0.1) is 12.1 Å². The Morgan fingerprint density at radius 2 is 2.08 bits per heavy atom. The van der Waals surface area contributed by atoms with E-state index in [-0.39, 0.29) is 23.7 Å². The molecule has 1 fully saturated rings. The minimum Gasteiger partial charge on any atom is -0.435 e. The van der Waals surface area contributed by atoms with Crippen molar-refractivity contribution in [3.63, 3.8) is 0 Å². The van der Waals surface area contributed by atoms with Gasteiger partial charge in [0.15, 0.2) is 0 Å². The van der Waals surface area contributed by atoms with Gasteiger partial charge in [0, 0.05) is 19.0 Å². The minimum absolute atomic E-state index is 0.0919. The third-order valence-corrected chi connectivity index (χ3v) is 4.41. The molecule has 2 N–H and O–H groups in total. The molecule has 1 aliphatic rings. The summed E-state index contributed by atoms with van der Waals surface area (Å²) in [6.45, 7) is 2.00. The van der Waals surface area contributed by atoms with Crippen LogP contribution in [0.15, 0.2) is 24.3 Å². The van der Waals surface area contributed by atoms with Gasteiger partial charge in [-0.15, -0.1) is 0 Å². The molecule has 1 aliphatic heterocycles. The van der Waals surface area contributed by atoms with Crippen LogP contribution in [0.1, 0.15) is 38.3 Å². The summed E-state index contributed by atoms with van der Waals surface area (Å²) in [6, 6.07) is 5.91. The molecule has 24 heavy (non-hydrogen) atoms. The highest BCUT2D eigenvalue weighted by atomic mass is 19.3. The van der Waals surface area contributed by atoms with Gasteiger partial charge in [0.25, 0.3) is 0 Å². The fourth-order valence-electron chi connectivity index (χ4n) is 2.91. The smallest absolute Gasteiger partial charge is 0.387 e. The van der Waals surface area contributed by atoms with Gasteiger partial charge in [-0.3, -0.25) is 0 Å². The maximum Gasteiger partial charge on any atom is 0.387 e. The number of amides is 2. The molecule has 134 valence electrons. The first kappa shape index (κ1) is 18.4. The summed E-state index contributed by atoms with van der Waals surface area (Å²) in [5.74, 6) is 0.204. The number of hydrogen-bond donors (Lipinski definition) is 2. The highest BCUT2D eigenvalue weighted by Crippen LogP contribution is 2.23. The van der Waals surface area contributed by atoms with Crippen LogP contribution in [0.2, 0.25) is 0 Å². The summed E-state index contributed by atoms with van der Waals surface area (Å²) < 4.78 is 28.7. The lowest BCUT2D eigenvalue weighted by molar-refractivity contribution is -0.0498. The van der Waals surface area contributed by atoms with Gasteiger partial charge in [-0.2, -0.15) is 8.78 Å². The largest absolute Gasteiger partial charge is 0.435 e. The first-order valence-electron chi connectivity index (χ1n) is 8.19. The van der Waals surface area contributed by atoms with Crippen molar-refractivity contribution in [3.8, 4) is 5.75 Å². The Labute approximate surface area is 140 Å². The molecule has 0 bridgehead atoms. The molecule has 0 unspecified atom stereocenters. The van der Waals surface area contributed by atoms with Crippen LogP contribution in [0.5, 0.6) is 5.75 Å². The molecule has 2 amide bonds. The second-order valence-corrected chi connectivity index (χ2v) is 6.09. The predicted molar refractivity (Wildman–Crippen MR) is 86.0 cm³/mol. The molecule has 0 spiro atoms. The Morgan fingerprint density at radius 1 is 1.42 bits per heavy atom. The predicted octanol–water partition coefficient (Wildman–Crippen LogP) is 3.15. The number of nitrogens with zero attached hydrogens (tertiary/aromatic N) is 1. The normalized spacial score (nSPS) is 20.1. The Morgan fingerprint density at radius 3 is 2.58 bits per heavy atom. The first-order valence-corrected chi connectivity index (χ1v) is 8.19. The van der Waals surface area contributed by atoms with Gasteiger partial charge in [0.2, 0.25) is 0 Å². The lowest BCUT2D eigenvalue weighted by atomic mass is 10.0. The molecule has 0 saturated carbocycles. The number of carbonyl (C=O) groups is 1. The summed E-state index contributed by atoms with van der Waals surface area (Å²) in [5.41, 5.74) is 0.832. The van der Waals surface area contributed by atoms with Gasteiger partial charge in [0.1, 0.15) is 5.75 Å². The van der Waals surface area contributed by atoms with Gasteiger partial charge >= 0.3 is 12.6 Å². The summed E-state index contributed by atoms with van der Waals surface area (Å²) in [4.78, 5) is 14.1. The zero-order valence-electron chi connectivity index (χ0n) is 13.9. The Bertz CT molecular complexity index is 537. The zero-order valence-corrected chi connectivity index (χ0v) is 13.9. The maximum atomic E-state index is 12.4. The van der Waals surface area contributed by atoms with Crippen molar-refractivity contribution in [3.05, 3.63) is 29.8 Å². The molecular weight excluding hydrogens is 318 g/mol. The van der Waals surface area contributed by atoms with E-state index >= 15 is 0 Å². The van der Waals surface area contributed by atoms with E-state index in [1.807, 2.05) is 6.92 Å². The SMILES string of the molecule is CC[C@H](NC(=O)N1CC[C@@H]([C@H](C)O)C1)c1ccc(OC(F)F)cc1. The number of carbonyl (C=O) groups excluding carboxylic acids is 1. The van der Waals surface area contributed by atoms with Gasteiger partial charge in [-0.25, -0.2) is 4.79 Å². The number of likely N-dealkylation sites (tertiary alicyclic amines) is 1. The Hall–Kier alpha value is -1.89. The molecule has 0 aliphatic carbocycles. The number of alkyl halides is 2. The number of aliphatic hydroxyl groups is 1. The van der Waals surface area contributed by atoms with Crippen molar-refractivity contribution in [2.45, 2.75) is 45.4 Å². The van der Waals surface area contributed by atoms with Crippen molar-refractivity contribution in [1.29, 1.82) is 0 Å².